The van der Waals surface area contributed by atoms with Crippen molar-refractivity contribution < 1.29 is 18.4 Å². The molecular formula is C12H16F2N2O2. The van der Waals surface area contributed by atoms with Crippen molar-refractivity contribution >= 4 is 11.6 Å². The van der Waals surface area contributed by atoms with Gasteiger partial charge in [-0.05, 0) is 18.1 Å². The summed E-state index contributed by atoms with van der Waals surface area (Å²) >= 11 is 0. The predicted octanol–water partition coefficient (Wildman–Crippen LogP) is 2.08. The van der Waals surface area contributed by atoms with Crippen LogP contribution in [0.3, 0.4) is 0 Å². The van der Waals surface area contributed by atoms with Crippen LogP contribution in [0.2, 0.25) is 0 Å². The zero-order valence-electron chi connectivity index (χ0n) is 10.3. The zero-order valence-corrected chi connectivity index (χ0v) is 10.3. The molecular weight excluding hydrogens is 242 g/mol. The summed E-state index contributed by atoms with van der Waals surface area (Å²) in [6.07, 6.45) is 0. The van der Waals surface area contributed by atoms with Gasteiger partial charge >= 0.3 is 0 Å². The molecule has 1 aromatic rings. The Labute approximate surface area is 104 Å². The molecule has 0 saturated heterocycles. The van der Waals surface area contributed by atoms with Gasteiger partial charge in [-0.1, -0.05) is 19.9 Å². The van der Waals surface area contributed by atoms with E-state index in [4.69, 9.17) is 4.84 Å². The summed E-state index contributed by atoms with van der Waals surface area (Å²) < 4.78 is 26.4. The van der Waals surface area contributed by atoms with E-state index in [0.717, 1.165) is 12.1 Å². The lowest BCUT2D eigenvalue weighted by Gasteiger charge is -2.09. The normalized spacial score (nSPS) is 10.7. The van der Waals surface area contributed by atoms with Crippen LogP contribution in [0.15, 0.2) is 18.2 Å². The van der Waals surface area contributed by atoms with Crippen LogP contribution in [0.25, 0.3) is 0 Å². The lowest BCUT2D eigenvalue weighted by Crippen LogP contribution is -2.29. The number of hydrogen-bond acceptors (Lipinski definition) is 3. The van der Waals surface area contributed by atoms with E-state index in [2.05, 4.69) is 10.8 Å². The maximum absolute atomic E-state index is 13.2. The van der Waals surface area contributed by atoms with Crippen molar-refractivity contribution in [1.29, 1.82) is 0 Å². The first kappa shape index (κ1) is 14.5. The number of benzene rings is 1. The van der Waals surface area contributed by atoms with Gasteiger partial charge in [0.15, 0.2) is 0 Å². The summed E-state index contributed by atoms with van der Waals surface area (Å²) in [6, 6.07) is 3.37. The molecule has 0 spiro atoms. The fourth-order valence-corrected chi connectivity index (χ4v) is 1.14. The summed E-state index contributed by atoms with van der Waals surface area (Å²) in [5, 5.41) is 2.14. The van der Waals surface area contributed by atoms with Gasteiger partial charge in [0.05, 0.1) is 6.61 Å². The monoisotopic (exact) mass is 258 g/mol. The lowest BCUT2D eigenvalue weighted by molar-refractivity contribution is -0.118. The third-order valence-electron chi connectivity index (χ3n) is 1.98. The summed E-state index contributed by atoms with van der Waals surface area (Å²) in [6.45, 7) is 4.18. The average Bonchev–Trinajstić information content (AvgIpc) is 2.29. The van der Waals surface area contributed by atoms with Crippen LogP contribution in [0.4, 0.5) is 14.5 Å². The van der Waals surface area contributed by atoms with Crippen LogP contribution in [-0.2, 0) is 9.63 Å². The molecule has 6 heteroatoms. The van der Waals surface area contributed by atoms with Crippen LogP contribution in [0.5, 0.6) is 0 Å². The van der Waals surface area contributed by atoms with Crippen molar-refractivity contribution in [2.45, 2.75) is 13.8 Å². The molecule has 0 atom stereocenters. The highest BCUT2D eigenvalue weighted by Gasteiger charge is 2.11. The summed E-state index contributed by atoms with van der Waals surface area (Å²) in [5.74, 6) is -1.88. The minimum Gasteiger partial charge on any atom is -0.320 e. The van der Waals surface area contributed by atoms with Crippen molar-refractivity contribution in [2.75, 3.05) is 18.5 Å². The number of hydroxylamine groups is 1. The smallest absolute Gasteiger partial charge is 0.240 e. The quantitative estimate of drug-likeness (QED) is 0.606. The van der Waals surface area contributed by atoms with E-state index in [1.54, 1.807) is 0 Å². The van der Waals surface area contributed by atoms with Gasteiger partial charge in [-0.3, -0.25) is 4.79 Å². The Morgan fingerprint density at radius 2 is 1.94 bits per heavy atom. The topological polar surface area (TPSA) is 50.4 Å². The van der Waals surface area contributed by atoms with Crippen molar-refractivity contribution in [3.63, 3.8) is 0 Å². The number of rotatable bonds is 6. The van der Waals surface area contributed by atoms with Gasteiger partial charge in [-0.15, -0.1) is 0 Å². The predicted molar refractivity (Wildman–Crippen MR) is 63.8 cm³/mol. The molecule has 18 heavy (non-hydrogen) atoms. The molecule has 0 bridgehead atoms. The Morgan fingerprint density at radius 3 is 2.50 bits per heavy atom. The molecule has 1 amide bonds. The molecule has 0 fully saturated rings. The Balaban J connectivity index is 2.40. The van der Waals surface area contributed by atoms with Gasteiger partial charge in [0.1, 0.15) is 23.9 Å². The fraction of sp³-hybridized carbons (Fsp3) is 0.417. The minimum atomic E-state index is -0.813. The lowest BCUT2D eigenvalue weighted by atomic mass is 10.2. The second kappa shape index (κ2) is 7.03. The molecule has 0 aromatic heterocycles. The number of hydrogen-bond donors (Lipinski definition) is 2. The molecule has 4 nitrogen and oxygen atoms in total. The van der Waals surface area contributed by atoms with Gasteiger partial charge < -0.3 is 10.2 Å². The molecule has 0 aliphatic rings. The second-order valence-corrected chi connectivity index (χ2v) is 4.17. The number of nitrogens with one attached hydrogen (secondary N) is 2. The van der Waals surface area contributed by atoms with Gasteiger partial charge in [0.25, 0.3) is 0 Å². The van der Waals surface area contributed by atoms with Crippen LogP contribution >= 0.6 is 0 Å². The average molecular weight is 258 g/mol. The molecule has 0 heterocycles. The molecule has 1 aromatic carbocycles. The number of para-hydroxylation sites is 1. The van der Waals surface area contributed by atoms with Crippen LogP contribution < -0.4 is 10.8 Å². The Bertz CT molecular complexity index is 391. The standard InChI is InChI=1S/C12H16F2N2O2/c1-8(2)7-18-15-6-11(17)16-12-9(13)4-3-5-10(12)14/h3-5,8,15H,6-7H2,1-2H3,(H,16,17). The highest BCUT2D eigenvalue weighted by Crippen LogP contribution is 2.17. The third kappa shape index (κ3) is 4.77. The van der Waals surface area contributed by atoms with E-state index in [0.29, 0.717) is 12.5 Å². The fourth-order valence-electron chi connectivity index (χ4n) is 1.14. The van der Waals surface area contributed by atoms with Gasteiger partial charge in [-0.25, -0.2) is 8.78 Å². The Kier molecular flexibility index (Phi) is 5.67. The number of carbonyl (C=O) groups excluding carboxylic acids is 1. The number of amides is 1. The minimum absolute atomic E-state index is 0.180. The molecule has 0 unspecified atom stereocenters. The SMILES string of the molecule is CC(C)CONCC(=O)Nc1c(F)cccc1F. The number of halogens is 2. The van der Waals surface area contributed by atoms with E-state index < -0.39 is 23.2 Å². The number of carbonyl (C=O) groups is 1. The van der Waals surface area contributed by atoms with Crippen LogP contribution in [0, 0.1) is 17.6 Å². The highest BCUT2D eigenvalue weighted by atomic mass is 19.1. The molecule has 2 N–H and O–H groups in total. The molecule has 0 aliphatic carbocycles. The largest absolute Gasteiger partial charge is 0.320 e. The van der Waals surface area contributed by atoms with Crippen molar-refractivity contribution in [1.82, 2.24) is 5.48 Å². The maximum Gasteiger partial charge on any atom is 0.240 e. The van der Waals surface area contributed by atoms with E-state index in [9.17, 15) is 13.6 Å². The first-order chi connectivity index (χ1) is 8.50. The van der Waals surface area contributed by atoms with E-state index >= 15 is 0 Å². The highest BCUT2D eigenvalue weighted by molar-refractivity contribution is 5.92. The Hall–Kier alpha value is -1.53. The molecule has 0 aliphatic heterocycles. The van der Waals surface area contributed by atoms with E-state index in [1.807, 2.05) is 13.8 Å². The van der Waals surface area contributed by atoms with Crippen molar-refractivity contribution in [3.8, 4) is 0 Å². The first-order valence-electron chi connectivity index (χ1n) is 5.59. The molecule has 0 radical (unpaired) electrons. The summed E-state index contributed by atoms with van der Waals surface area (Å²) in [4.78, 5) is 16.3. The van der Waals surface area contributed by atoms with Crippen molar-refractivity contribution in [2.24, 2.45) is 5.92 Å². The van der Waals surface area contributed by atoms with E-state index in [-0.39, 0.29) is 6.54 Å². The zero-order chi connectivity index (χ0) is 13.5. The molecule has 0 saturated carbocycles. The van der Waals surface area contributed by atoms with Gasteiger partial charge in [-0.2, -0.15) is 5.48 Å². The second-order valence-electron chi connectivity index (χ2n) is 4.17. The summed E-state index contributed by atoms with van der Waals surface area (Å²) in [7, 11) is 0. The van der Waals surface area contributed by atoms with E-state index in [1.165, 1.54) is 6.07 Å². The van der Waals surface area contributed by atoms with Crippen LogP contribution in [0.1, 0.15) is 13.8 Å². The molecule has 1 rings (SSSR count). The number of anilines is 1. The Morgan fingerprint density at radius 1 is 1.33 bits per heavy atom. The van der Waals surface area contributed by atoms with Crippen LogP contribution in [-0.4, -0.2) is 19.1 Å². The van der Waals surface area contributed by atoms with Gasteiger partial charge in [0.2, 0.25) is 5.91 Å². The third-order valence-corrected chi connectivity index (χ3v) is 1.98. The summed E-state index contributed by atoms with van der Waals surface area (Å²) in [5.41, 5.74) is 1.97. The van der Waals surface area contributed by atoms with Gasteiger partial charge in [0, 0.05) is 0 Å². The maximum atomic E-state index is 13.2. The molecule has 100 valence electrons. The van der Waals surface area contributed by atoms with Crippen molar-refractivity contribution in [3.05, 3.63) is 29.8 Å². The first-order valence-corrected chi connectivity index (χ1v) is 5.59.